The van der Waals surface area contributed by atoms with Crippen molar-refractivity contribution < 1.29 is 15.0 Å². The average Bonchev–Trinajstić information content (AvgIpc) is 3.17. The number of aryl methyl sites for hydroxylation is 2. The Balaban J connectivity index is 1.77. The predicted molar refractivity (Wildman–Crippen MR) is 103 cm³/mol. The van der Waals surface area contributed by atoms with Crippen molar-refractivity contribution in [1.29, 1.82) is 0 Å². The zero-order valence-electron chi connectivity index (χ0n) is 14.5. The quantitative estimate of drug-likeness (QED) is 0.731. The number of fused-ring (bicyclic) bond motifs is 5. The van der Waals surface area contributed by atoms with Gasteiger partial charge in [0.05, 0.1) is 23.1 Å². The Hall–Kier alpha value is -2.57. The van der Waals surface area contributed by atoms with Crippen LogP contribution in [0.4, 0.5) is 0 Å². The van der Waals surface area contributed by atoms with E-state index < -0.39 is 16.9 Å². The van der Waals surface area contributed by atoms with Gasteiger partial charge in [0.1, 0.15) is 0 Å². The molecule has 0 amide bonds. The van der Waals surface area contributed by atoms with E-state index in [4.69, 9.17) is 4.98 Å². The number of imidazole rings is 1. The van der Waals surface area contributed by atoms with Crippen LogP contribution >= 0.6 is 11.8 Å². The lowest BCUT2D eigenvalue weighted by Crippen LogP contribution is -2.42. The molecule has 0 spiro atoms. The average molecular weight is 378 g/mol. The van der Waals surface area contributed by atoms with Crippen molar-refractivity contribution in [2.24, 2.45) is 0 Å². The van der Waals surface area contributed by atoms with E-state index in [1.165, 1.54) is 17.3 Å². The van der Waals surface area contributed by atoms with E-state index in [-0.39, 0.29) is 6.42 Å². The normalized spacial score (nSPS) is 22.8. The summed E-state index contributed by atoms with van der Waals surface area (Å²) in [5, 5.41) is 21.5. The van der Waals surface area contributed by atoms with Crippen LogP contribution in [-0.4, -0.2) is 31.0 Å². The van der Waals surface area contributed by atoms with E-state index >= 15 is 0 Å². The number of hydrogen-bond acceptors (Lipinski definition) is 4. The standard InChI is InChI=1S/C21H18N2O3S/c24-18(25)12-17-21(26,14-7-2-1-3-8-14)23-19-15-9-5-4-6-13(15)10-11-16(19)22-20(23)27-17/h1-9,17,26H,10-12H2,(H,24,25). The Morgan fingerprint density at radius 3 is 2.67 bits per heavy atom. The van der Waals surface area contributed by atoms with Crippen molar-refractivity contribution in [3.05, 3.63) is 71.4 Å². The summed E-state index contributed by atoms with van der Waals surface area (Å²) < 4.78 is 1.87. The Kier molecular flexibility index (Phi) is 3.67. The molecule has 0 saturated carbocycles. The summed E-state index contributed by atoms with van der Waals surface area (Å²) in [5.41, 5.74) is 3.42. The lowest BCUT2D eigenvalue weighted by Gasteiger charge is -2.33. The van der Waals surface area contributed by atoms with Gasteiger partial charge in [-0.3, -0.25) is 9.36 Å². The molecule has 1 aliphatic heterocycles. The van der Waals surface area contributed by atoms with Gasteiger partial charge in [0.15, 0.2) is 10.9 Å². The molecule has 2 aromatic carbocycles. The van der Waals surface area contributed by atoms with Crippen molar-refractivity contribution in [1.82, 2.24) is 9.55 Å². The van der Waals surface area contributed by atoms with Crippen molar-refractivity contribution in [3.8, 4) is 11.3 Å². The van der Waals surface area contributed by atoms with Crippen molar-refractivity contribution in [3.63, 3.8) is 0 Å². The van der Waals surface area contributed by atoms with Crippen LogP contribution in [0.2, 0.25) is 0 Å². The van der Waals surface area contributed by atoms with Gasteiger partial charge in [-0.15, -0.1) is 0 Å². The van der Waals surface area contributed by atoms with Gasteiger partial charge >= 0.3 is 5.97 Å². The Bertz CT molecular complexity index is 1050. The zero-order valence-corrected chi connectivity index (χ0v) is 15.3. The largest absolute Gasteiger partial charge is 0.481 e. The van der Waals surface area contributed by atoms with Crippen LogP contribution < -0.4 is 0 Å². The second-order valence-electron chi connectivity index (χ2n) is 6.98. The van der Waals surface area contributed by atoms with Crippen LogP contribution in [-0.2, 0) is 23.4 Å². The van der Waals surface area contributed by atoms with Gasteiger partial charge in [-0.1, -0.05) is 66.4 Å². The molecular formula is C21H18N2O3S. The fraction of sp³-hybridized carbons (Fsp3) is 0.238. The molecule has 2 heterocycles. The van der Waals surface area contributed by atoms with Crippen LogP contribution in [0.25, 0.3) is 11.3 Å². The van der Waals surface area contributed by atoms with E-state index in [1.54, 1.807) is 0 Å². The highest BCUT2D eigenvalue weighted by molar-refractivity contribution is 8.00. The third-order valence-electron chi connectivity index (χ3n) is 5.42. The van der Waals surface area contributed by atoms with Gasteiger partial charge in [0.2, 0.25) is 0 Å². The molecule has 0 radical (unpaired) electrons. The van der Waals surface area contributed by atoms with Crippen LogP contribution in [0.15, 0.2) is 59.8 Å². The third kappa shape index (κ3) is 2.37. The SMILES string of the molecule is O=C(O)CC1Sc2nc3c(n2C1(O)c1ccccc1)-c1ccccc1CC3. The number of aliphatic hydroxyl groups is 1. The summed E-state index contributed by atoms with van der Waals surface area (Å²) in [5.74, 6) is -0.929. The summed E-state index contributed by atoms with van der Waals surface area (Å²) in [6, 6.07) is 17.5. The minimum absolute atomic E-state index is 0.143. The minimum Gasteiger partial charge on any atom is -0.481 e. The predicted octanol–water partition coefficient (Wildman–Crippen LogP) is 3.29. The molecule has 2 unspecified atom stereocenters. The van der Waals surface area contributed by atoms with Crippen LogP contribution in [0.5, 0.6) is 0 Å². The molecule has 3 aromatic rings. The Labute approximate surface area is 160 Å². The van der Waals surface area contributed by atoms with E-state index in [9.17, 15) is 15.0 Å². The maximum Gasteiger partial charge on any atom is 0.304 e. The second kappa shape index (κ2) is 5.97. The first-order chi connectivity index (χ1) is 13.1. The molecule has 2 atom stereocenters. The molecule has 1 aliphatic carbocycles. The Morgan fingerprint density at radius 2 is 1.89 bits per heavy atom. The van der Waals surface area contributed by atoms with Gasteiger partial charge in [0.25, 0.3) is 0 Å². The molecule has 1 aromatic heterocycles. The number of hydrogen-bond donors (Lipinski definition) is 2. The van der Waals surface area contributed by atoms with E-state index in [0.29, 0.717) is 10.7 Å². The Morgan fingerprint density at radius 1 is 1.15 bits per heavy atom. The van der Waals surface area contributed by atoms with Crippen LogP contribution in [0.3, 0.4) is 0 Å². The molecule has 2 aliphatic rings. The summed E-state index contributed by atoms with van der Waals surface area (Å²) in [4.78, 5) is 16.3. The molecular weight excluding hydrogens is 360 g/mol. The van der Waals surface area contributed by atoms with Gasteiger partial charge in [-0.25, -0.2) is 4.98 Å². The number of carboxylic acids is 1. The first-order valence-electron chi connectivity index (χ1n) is 8.95. The summed E-state index contributed by atoms with van der Waals surface area (Å²) in [7, 11) is 0. The number of aromatic nitrogens is 2. The van der Waals surface area contributed by atoms with Crippen LogP contribution in [0.1, 0.15) is 23.2 Å². The molecule has 6 heteroatoms. The van der Waals surface area contributed by atoms with Gasteiger partial charge in [0, 0.05) is 11.1 Å². The molecule has 2 N–H and O–H groups in total. The topological polar surface area (TPSA) is 75.3 Å². The maximum absolute atomic E-state index is 11.9. The first kappa shape index (κ1) is 16.6. The fourth-order valence-corrected chi connectivity index (χ4v) is 5.59. The highest BCUT2D eigenvalue weighted by atomic mass is 32.2. The van der Waals surface area contributed by atoms with E-state index in [1.807, 2.05) is 47.0 Å². The fourth-order valence-electron chi connectivity index (χ4n) is 4.21. The number of benzene rings is 2. The lowest BCUT2D eigenvalue weighted by atomic mass is 9.90. The highest BCUT2D eigenvalue weighted by Crippen LogP contribution is 2.52. The number of nitrogens with zero attached hydrogens (tertiary/aromatic N) is 2. The number of thioether (sulfide) groups is 1. The third-order valence-corrected chi connectivity index (χ3v) is 6.68. The second-order valence-corrected chi connectivity index (χ2v) is 8.15. The van der Waals surface area contributed by atoms with Crippen molar-refractivity contribution >= 4 is 17.7 Å². The number of carboxylic acid groups (broad SMARTS) is 1. The summed E-state index contributed by atoms with van der Waals surface area (Å²) in [6.45, 7) is 0. The molecule has 0 fully saturated rings. The van der Waals surface area contributed by atoms with E-state index in [0.717, 1.165) is 29.8 Å². The van der Waals surface area contributed by atoms with Gasteiger partial charge < -0.3 is 10.2 Å². The van der Waals surface area contributed by atoms with Gasteiger partial charge in [-0.05, 0) is 18.4 Å². The van der Waals surface area contributed by atoms with Crippen LogP contribution in [0, 0.1) is 0 Å². The molecule has 5 nitrogen and oxygen atoms in total. The molecule has 5 rings (SSSR count). The summed E-state index contributed by atoms with van der Waals surface area (Å²) in [6.07, 6.45) is 1.60. The monoisotopic (exact) mass is 378 g/mol. The zero-order chi connectivity index (χ0) is 18.6. The van der Waals surface area contributed by atoms with Crippen molar-refractivity contribution in [2.45, 2.75) is 35.4 Å². The number of rotatable bonds is 3. The first-order valence-corrected chi connectivity index (χ1v) is 9.83. The summed E-state index contributed by atoms with van der Waals surface area (Å²) >= 11 is 1.36. The molecule has 0 bridgehead atoms. The molecule has 136 valence electrons. The van der Waals surface area contributed by atoms with Gasteiger partial charge in [-0.2, -0.15) is 0 Å². The minimum atomic E-state index is -1.45. The number of aliphatic carboxylic acids is 1. The lowest BCUT2D eigenvalue weighted by molar-refractivity contribution is -0.138. The number of carbonyl (C=O) groups is 1. The van der Waals surface area contributed by atoms with E-state index in [2.05, 4.69) is 12.1 Å². The molecule has 27 heavy (non-hydrogen) atoms. The van der Waals surface area contributed by atoms with Crippen molar-refractivity contribution in [2.75, 3.05) is 0 Å². The molecule has 0 saturated heterocycles. The highest BCUT2D eigenvalue weighted by Gasteiger charge is 2.51. The maximum atomic E-state index is 11.9. The smallest absolute Gasteiger partial charge is 0.304 e.